The molecule has 1 atom stereocenters. The second kappa shape index (κ2) is 9.65. The van der Waals surface area contributed by atoms with Gasteiger partial charge in [-0.25, -0.2) is 9.18 Å². The van der Waals surface area contributed by atoms with Gasteiger partial charge in [0, 0.05) is 12.6 Å². The van der Waals surface area contributed by atoms with Crippen molar-refractivity contribution >= 4 is 6.03 Å². The number of carbonyl (C=O) groups is 1. The Morgan fingerprint density at radius 3 is 2.58 bits per heavy atom. The number of amides is 2. The summed E-state index contributed by atoms with van der Waals surface area (Å²) in [4.78, 5) is 12.0. The number of benzene rings is 2. The highest BCUT2D eigenvalue weighted by Crippen LogP contribution is 2.24. The van der Waals surface area contributed by atoms with Crippen LogP contribution in [0.3, 0.4) is 0 Å². The first kappa shape index (κ1) is 19.6. The molecule has 0 bridgehead atoms. The van der Waals surface area contributed by atoms with Crippen molar-refractivity contribution < 1.29 is 18.7 Å². The standard InChI is InChI=1S/C20H25FN2O3/c1-14(12-15-6-4-5-7-18(15)21)23-20(24)22-11-10-16-13-17(25-2)8-9-19(16)26-3/h4-9,13-14H,10-12H2,1-3H3,(H2,22,23,24). The molecule has 1 unspecified atom stereocenters. The van der Waals surface area contributed by atoms with E-state index in [0.717, 1.165) is 17.1 Å². The molecule has 0 aliphatic carbocycles. The number of rotatable bonds is 8. The van der Waals surface area contributed by atoms with E-state index in [2.05, 4.69) is 10.6 Å². The monoisotopic (exact) mass is 360 g/mol. The zero-order valence-corrected chi connectivity index (χ0v) is 15.3. The maximum atomic E-state index is 13.7. The molecule has 0 aliphatic heterocycles. The normalized spacial score (nSPS) is 11.5. The zero-order chi connectivity index (χ0) is 18.9. The fourth-order valence-corrected chi connectivity index (χ4v) is 2.71. The third-order valence-corrected chi connectivity index (χ3v) is 4.03. The number of carbonyl (C=O) groups excluding carboxylic acids is 1. The lowest BCUT2D eigenvalue weighted by Crippen LogP contribution is -2.42. The van der Waals surface area contributed by atoms with Crippen LogP contribution in [0.15, 0.2) is 42.5 Å². The molecule has 26 heavy (non-hydrogen) atoms. The van der Waals surface area contributed by atoms with E-state index in [-0.39, 0.29) is 17.9 Å². The van der Waals surface area contributed by atoms with E-state index >= 15 is 0 Å². The summed E-state index contributed by atoms with van der Waals surface area (Å²) in [5, 5.41) is 5.63. The quantitative estimate of drug-likeness (QED) is 0.759. The van der Waals surface area contributed by atoms with E-state index in [1.165, 1.54) is 6.07 Å². The minimum atomic E-state index is -0.282. The molecule has 2 aromatic rings. The molecular weight excluding hydrogens is 335 g/mol. The van der Waals surface area contributed by atoms with Crippen molar-refractivity contribution in [2.24, 2.45) is 0 Å². The fourth-order valence-electron chi connectivity index (χ4n) is 2.71. The lowest BCUT2D eigenvalue weighted by atomic mass is 10.1. The predicted octanol–water partition coefficient (Wildman–Crippen LogP) is 3.32. The van der Waals surface area contributed by atoms with Gasteiger partial charge in [-0.2, -0.15) is 0 Å². The van der Waals surface area contributed by atoms with E-state index in [1.54, 1.807) is 32.4 Å². The van der Waals surface area contributed by atoms with Crippen LogP contribution in [-0.2, 0) is 12.8 Å². The van der Waals surface area contributed by atoms with E-state index in [0.29, 0.717) is 24.9 Å². The Balaban J connectivity index is 1.81. The number of halogens is 1. The molecule has 0 saturated heterocycles. The van der Waals surface area contributed by atoms with Crippen LogP contribution in [0.1, 0.15) is 18.1 Å². The molecule has 0 radical (unpaired) electrons. The Labute approximate surface area is 153 Å². The van der Waals surface area contributed by atoms with Crippen molar-refractivity contribution in [2.75, 3.05) is 20.8 Å². The molecule has 2 aromatic carbocycles. The smallest absolute Gasteiger partial charge is 0.315 e. The molecule has 2 amide bonds. The number of hydrogen-bond donors (Lipinski definition) is 2. The molecule has 6 heteroatoms. The number of urea groups is 1. The summed E-state index contributed by atoms with van der Waals surface area (Å²) >= 11 is 0. The fraction of sp³-hybridized carbons (Fsp3) is 0.350. The Morgan fingerprint density at radius 1 is 1.12 bits per heavy atom. The van der Waals surface area contributed by atoms with Crippen molar-refractivity contribution in [3.63, 3.8) is 0 Å². The van der Waals surface area contributed by atoms with Gasteiger partial charge < -0.3 is 20.1 Å². The van der Waals surface area contributed by atoms with Crippen molar-refractivity contribution in [1.29, 1.82) is 0 Å². The Hall–Kier alpha value is -2.76. The zero-order valence-electron chi connectivity index (χ0n) is 15.3. The van der Waals surface area contributed by atoms with Gasteiger partial charge in [-0.05, 0) is 55.2 Å². The average molecular weight is 360 g/mol. The van der Waals surface area contributed by atoms with Crippen LogP contribution in [0.25, 0.3) is 0 Å². The van der Waals surface area contributed by atoms with Gasteiger partial charge in [0.05, 0.1) is 14.2 Å². The summed E-state index contributed by atoms with van der Waals surface area (Å²) in [7, 11) is 3.21. The molecule has 0 spiro atoms. The van der Waals surface area contributed by atoms with Gasteiger partial charge in [0.2, 0.25) is 0 Å². The highest BCUT2D eigenvalue weighted by Gasteiger charge is 2.11. The molecule has 0 aromatic heterocycles. The van der Waals surface area contributed by atoms with Crippen LogP contribution in [0, 0.1) is 5.82 Å². The maximum Gasteiger partial charge on any atom is 0.315 e. The van der Waals surface area contributed by atoms with Gasteiger partial charge in [-0.15, -0.1) is 0 Å². The second-order valence-corrected chi connectivity index (χ2v) is 6.02. The molecule has 2 N–H and O–H groups in total. The molecule has 2 rings (SSSR count). The van der Waals surface area contributed by atoms with Gasteiger partial charge in [-0.3, -0.25) is 0 Å². The first-order chi connectivity index (χ1) is 12.5. The second-order valence-electron chi connectivity index (χ2n) is 6.02. The van der Waals surface area contributed by atoms with Crippen LogP contribution >= 0.6 is 0 Å². The summed E-state index contributed by atoms with van der Waals surface area (Å²) in [6.07, 6.45) is 1.04. The average Bonchev–Trinajstić information content (AvgIpc) is 2.63. The SMILES string of the molecule is COc1ccc(OC)c(CCNC(=O)NC(C)Cc2ccccc2F)c1. The first-order valence-electron chi connectivity index (χ1n) is 8.52. The van der Waals surface area contributed by atoms with Crippen molar-refractivity contribution in [3.8, 4) is 11.5 Å². The minimum absolute atomic E-state index is 0.182. The molecule has 140 valence electrons. The van der Waals surface area contributed by atoms with Crippen molar-refractivity contribution in [2.45, 2.75) is 25.8 Å². The Morgan fingerprint density at radius 2 is 1.88 bits per heavy atom. The molecule has 0 fully saturated rings. The number of methoxy groups -OCH3 is 2. The third kappa shape index (κ3) is 5.65. The van der Waals surface area contributed by atoms with Gasteiger partial charge in [0.15, 0.2) is 0 Å². The number of hydrogen-bond acceptors (Lipinski definition) is 3. The first-order valence-corrected chi connectivity index (χ1v) is 8.52. The van der Waals surface area contributed by atoms with Gasteiger partial charge in [-0.1, -0.05) is 18.2 Å². The van der Waals surface area contributed by atoms with Crippen LogP contribution in [0.4, 0.5) is 9.18 Å². The van der Waals surface area contributed by atoms with Crippen LogP contribution < -0.4 is 20.1 Å². The summed E-state index contributed by atoms with van der Waals surface area (Å²) in [6.45, 7) is 2.29. The molecular formula is C20H25FN2O3. The topological polar surface area (TPSA) is 59.6 Å². The van der Waals surface area contributed by atoms with Gasteiger partial charge in [0.1, 0.15) is 17.3 Å². The predicted molar refractivity (Wildman–Crippen MR) is 99.4 cm³/mol. The van der Waals surface area contributed by atoms with E-state index in [1.807, 2.05) is 25.1 Å². The number of ether oxygens (including phenoxy) is 2. The summed E-state index contributed by atoms with van der Waals surface area (Å²) in [6, 6.07) is 11.7. The Kier molecular flexibility index (Phi) is 7.26. The minimum Gasteiger partial charge on any atom is -0.497 e. The molecule has 0 aliphatic rings. The summed E-state index contributed by atoms with van der Waals surface area (Å²) in [5.74, 6) is 1.23. The number of nitrogens with one attached hydrogen (secondary N) is 2. The molecule has 0 heterocycles. The van der Waals surface area contributed by atoms with Crippen LogP contribution in [-0.4, -0.2) is 32.8 Å². The van der Waals surface area contributed by atoms with E-state index in [9.17, 15) is 9.18 Å². The largest absolute Gasteiger partial charge is 0.497 e. The van der Waals surface area contributed by atoms with Gasteiger partial charge in [0.25, 0.3) is 0 Å². The third-order valence-electron chi connectivity index (χ3n) is 4.03. The lowest BCUT2D eigenvalue weighted by Gasteiger charge is -2.16. The van der Waals surface area contributed by atoms with Crippen LogP contribution in [0.2, 0.25) is 0 Å². The maximum absolute atomic E-state index is 13.7. The van der Waals surface area contributed by atoms with Crippen molar-refractivity contribution in [1.82, 2.24) is 10.6 Å². The highest BCUT2D eigenvalue weighted by molar-refractivity contribution is 5.74. The highest BCUT2D eigenvalue weighted by atomic mass is 19.1. The van der Waals surface area contributed by atoms with Crippen LogP contribution in [0.5, 0.6) is 11.5 Å². The summed E-state index contributed by atoms with van der Waals surface area (Å²) < 4.78 is 24.2. The Bertz CT molecular complexity index is 737. The van der Waals surface area contributed by atoms with E-state index < -0.39 is 0 Å². The molecule has 5 nitrogen and oxygen atoms in total. The lowest BCUT2D eigenvalue weighted by molar-refractivity contribution is 0.237. The molecule has 0 saturated carbocycles. The summed E-state index contributed by atoms with van der Waals surface area (Å²) in [5.41, 5.74) is 1.54. The van der Waals surface area contributed by atoms with Crippen molar-refractivity contribution in [3.05, 3.63) is 59.4 Å². The van der Waals surface area contributed by atoms with E-state index in [4.69, 9.17) is 9.47 Å². The van der Waals surface area contributed by atoms with Gasteiger partial charge >= 0.3 is 6.03 Å².